The van der Waals surface area contributed by atoms with E-state index in [0.717, 1.165) is 5.75 Å². The van der Waals surface area contributed by atoms with Gasteiger partial charge in [-0.2, -0.15) is 0 Å². The van der Waals surface area contributed by atoms with E-state index in [-0.39, 0.29) is 5.96 Å². The lowest BCUT2D eigenvalue weighted by atomic mass is 10.8. The molecule has 1 aliphatic heterocycles. The first-order valence-electron chi connectivity index (χ1n) is 3.11. The topological polar surface area (TPSA) is 106 Å². The minimum Gasteiger partial charge on any atom is -0.364 e. The second-order valence-corrected chi connectivity index (χ2v) is 2.97. The smallest absolute Gasteiger partial charge is 0.272 e. The van der Waals surface area contributed by atoms with Crippen molar-refractivity contribution < 1.29 is 5.03 Å². The van der Waals surface area contributed by atoms with E-state index in [4.69, 9.17) is 5.73 Å². The van der Waals surface area contributed by atoms with Gasteiger partial charge in [-0.3, -0.25) is 4.99 Å². The number of nitro groups is 1. The number of hydrogen-bond acceptors (Lipinski definition) is 4. The second-order valence-electron chi connectivity index (χ2n) is 1.88. The number of hydrazone groups is 1. The molecule has 8 heteroatoms. The van der Waals surface area contributed by atoms with Gasteiger partial charge >= 0.3 is 0 Å². The highest BCUT2D eigenvalue weighted by Crippen LogP contribution is 2.08. The van der Waals surface area contributed by atoms with Crippen molar-refractivity contribution in [1.29, 1.82) is 0 Å². The van der Waals surface area contributed by atoms with Gasteiger partial charge in [0.25, 0.3) is 5.96 Å². The Hall–Kier alpha value is -1.31. The van der Waals surface area contributed by atoms with Crippen molar-refractivity contribution in [2.24, 2.45) is 15.8 Å². The molecule has 12 heavy (non-hydrogen) atoms. The van der Waals surface area contributed by atoms with Gasteiger partial charge in [-0.1, -0.05) is 11.8 Å². The molecule has 1 aliphatic rings. The highest BCUT2D eigenvalue weighted by atomic mass is 32.2. The molecule has 1 heterocycles. The number of aliphatic imine (C=N–C) groups is 1. The number of guanidine groups is 1. The Kier molecular flexibility index (Phi) is 2.86. The zero-order valence-electron chi connectivity index (χ0n) is 6.06. The zero-order valence-corrected chi connectivity index (χ0v) is 6.87. The van der Waals surface area contributed by atoms with Crippen LogP contribution in [0.15, 0.2) is 10.1 Å². The van der Waals surface area contributed by atoms with E-state index >= 15 is 0 Å². The fourth-order valence-electron chi connectivity index (χ4n) is 0.633. The maximum atomic E-state index is 9.83. The number of amidine groups is 1. The molecule has 0 bridgehead atoms. The van der Waals surface area contributed by atoms with Gasteiger partial charge in [0.1, 0.15) is 5.10 Å². The Labute approximate surface area is 72.3 Å². The van der Waals surface area contributed by atoms with Gasteiger partial charge < -0.3 is 11.1 Å². The SMILES string of the molecule is N/C(=N\[N+](=O)[O-])NC1=NCCS1. The summed E-state index contributed by atoms with van der Waals surface area (Å²) in [5.41, 5.74) is 5.16. The molecule has 0 saturated carbocycles. The van der Waals surface area contributed by atoms with Gasteiger partial charge in [-0.05, 0) is 0 Å². The quantitative estimate of drug-likeness (QED) is 0.243. The summed E-state index contributed by atoms with van der Waals surface area (Å²) in [5.74, 6) is 0.627. The second kappa shape index (κ2) is 3.90. The highest BCUT2D eigenvalue weighted by molar-refractivity contribution is 8.14. The molecule has 0 fully saturated rings. The predicted octanol–water partition coefficient (Wildman–Crippen LogP) is -0.815. The van der Waals surface area contributed by atoms with Gasteiger partial charge in [-0.25, -0.2) is 10.1 Å². The fourth-order valence-corrected chi connectivity index (χ4v) is 1.37. The first-order valence-corrected chi connectivity index (χ1v) is 4.10. The Morgan fingerprint density at radius 2 is 2.67 bits per heavy atom. The molecule has 0 aromatic carbocycles. The third-order valence-corrected chi connectivity index (χ3v) is 1.90. The molecule has 0 spiro atoms. The third-order valence-electron chi connectivity index (χ3n) is 1.01. The van der Waals surface area contributed by atoms with Crippen LogP contribution in [0.1, 0.15) is 0 Å². The molecular formula is C4H7N5O2S. The first kappa shape index (κ1) is 8.78. The molecule has 66 valence electrons. The fraction of sp³-hybridized carbons (Fsp3) is 0.500. The normalized spacial score (nSPS) is 17.3. The molecule has 3 N–H and O–H groups in total. The number of rotatable bonds is 1. The maximum Gasteiger partial charge on any atom is 0.272 e. The summed E-state index contributed by atoms with van der Waals surface area (Å²) >= 11 is 1.45. The van der Waals surface area contributed by atoms with E-state index in [2.05, 4.69) is 15.4 Å². The van der Waals surface area contributed by atoms with Crippen molar-refractivity contribution in [3.05, 3.63) is 10.1 Å². The number of nitrogens with two attached hydrogens (primary N) is 1. The lowest BCUT2D eigenvalue weighted by Gasteiger charge is -1.98. The van der Waals surface area contributed by atoms with Crippen LogP contribution in [-0.2, 0) is 0 Å². The number of hydrogen-bond donors (Lipinski definition) is 2. The van der Waals surface area contributed by atoms with Crippen molar-refractivity contribution in [2.45, 2.75) is 0 Å². The van der Waals surface area contributed by atoms with E-state index in [0.29, 0.717) is 11.7 Å². The number of thioether (sulfide) groups is 1. The highest BCUT2D eigenvalue weighted by Gasteiger charge is 2.08. The summed E-state index contributed by atoms with van der Waals surface area (Å²) in [6, 6.07) is 0. The van der Waals surface area contributed by atoms with Gasteiger partial charge in [0.2, 0.25) is 0 Å². The van der Waals surface area contributed by atoms with Crippen molar-refractivity contribution in [3.63, 3.8) is 0 Å². The summed E-state index contributed by atoms with van der Waals surface area (Å²) in [4.78, 5) is 13.8. The summed E-state index contributed by atoms with van der Waals surface area (Å²) in [6.07, 6.45) is 0. The zero-order chi connectivity index (χ0) is 8.97. The van der Waals surface area contributed by atoms with Gasteiger partial charge in [0.05, 0.1) is 6.54 Å². The van der Waals surface area contributed by atoms with Crippen LogP contribution in [0.4, 0.5) is 0 Å². The molecule has 0 aromatic heterocycles. The van der Waals surface area contributed by atoms with E-state index < -0.39 is 5.03 Å². The van der Waals surface area contributed by atoms with E-state index in [9.17, 15) is 10.1 Å². The standard InChI is InChI=1S/C4H7N5O2S/c5-3(8-9(10)11)7-4-6-1-2-12-4/h1-2H2,(H3,5,6,7,8). The summed E-state index contributed by atoms with van der Waals surface area (Å²) < 4.78 is 0. The monoisotopic (exact) mass is 189 g/mol. The Morgan fingerprint density at radius 3 is 3.17 bits per heavy atom. The van der Waals surface area contributed by atoms with Crippen LogP contribution < -0.4 is 11.1 Å². The largest absolute Gasteiger partial charge is 0.364 e. The minimum atomic E-state index is -0.859. The molecule has 0 unspecified atom stereocenters. The molecule has 1 rings (SSSR count). The van der Waals surface area contributed by atoms with E-state index in [1.807, 2.05) is 0 Å². The van der Waals surface area contributed by atoms with Crippen LogP contribution in [0.25, 0.3) is 0 Å². The van der Waals surface area contributed by atoms with Crippen LogP contribution in [0.2, 0.25) is 0 Å². The molecule has 0 atom stereocenters. The van der Waals surface area contributed by atoms with Gasteiger partial charge in [0.15, 0.2) is 10.2 Å². The minimum absolute atomic E-state index is 0.242. The molecular weight excluding hydrogens is 182 g/mol. The lowest BCUT2D eigenvalue weighted by molar-refractivity contribution is -0.485. The average Bonchev–Trinajstić information content (AvgIpc) is 2.37. The summed E-state index contributed by atoms with van der Waals surface area (Å²) in [5, 5.41) is 14.9. The van der Waals surface area contributed by atoms with Gasteiger partial charge in [-0.15, -0.1) is 0 Å². The molecule has 0 saturated heterocycles. The Morgan fingerprint density at radius 1 is 1.92 bits per heavy atom. The summed E-state index contributed by atoms with van der Waals surface area (Å²) in [6.45, 7) is 0.707. The third kappa shape index (κ3) is 2.74. The van der Waals surface area contributed by atoms with Crippen LogP contribution in [-0.4, -0.2) is 28.5 Å². The van der Waals surface area contributed by atoms with Crippen molar-refractivity contribution in [3.8, 4) is 0 Å². The molecule has 7 nitrogen and oxygen atoms in total. The van der Waals surface area contributed by atoms with Crippen LogP contribution in [0.5, 0.6) is 0 Å². The van der Waals surface area contributed by atoms with E-state index in [1.165, 1.54) is 11.8 Å². The first-order chi connectivity index (χ1) is 5.68. The molecule has 0 aliphatic carbocycles. The van der Waals surface area contributed by atoms with Gasteiger partial charge in [0, 0.05) is 5.75 Å². The van der Waals surface area contributed by atoms with Crippen LogP contribution in [0, 0.1) is 10.1 Å². The maximum absolute atomic E-state index is 9.83. The Bertz CT molecular complexity index is 250. The van der Waals surface area contributed by atoms with E-state index in [1.54, 1.807) is 0 Å². The van der Waals surface area contributed by atoms with Crippen LogP contribution >= 0.6 is 11.8 Å². The van der Waals surface area contributed by atoms with Crippen LogP contribution in [0.3, 0.4) is 0 Å². The Balaban J connectivity index is 2.45. The lowest BCUT2D eigenvalue weighted by Crippen LogP contribution is -2.35. The number of nitrogens with zero attached hydrogens (tertiary/aromatic N) is 3. The predicted molar refractivity (Wildman–Crippen MR) is 46.5 cm³/mol. The molecule has 0 amide bonds. The summed E-state index contributed by atoms with van der Waals surface area (Å²) in [7, 11) is 0. The van der Waals surface area contributed by atoms with Crippen molar-refractivity contribution >= 4 is 22.9 Å². The average molecular weight is 189 g/mol. The molecule has 0 aromatic rings. The molecule has 0 radical (unpaired) electrons. The van der Waals surface area contributed by atoms with Crippen molar-refractivity contribution in [2.75, 3.05) is 12.3 Å². The number of nitrogens with one attached hydrogen (secondary N) is 1. The van der Waals surface area contributed by atoms with Crippen molar-refractivity contribution in [1.82, 2.24) is 5.32 Å².